The van der Waals surface area contributed by atoms with Crippen LogP contribution in [0.5, 0.6) is 0 Å². The van der Waals surface area contributed by atoms with Crippen LogP contribution >= 0.6 is 15.9 Å². The van der Waals surface area contributed by atoms with Gasteiger partial charge in [-0.3, -0.25) is 4.79 Å². The topological polar surface area (TPSA) is 32.9 Å². The van der Waals surface area contributed by atoms with Gasteiger partial charge in [0.1, 0.15) is 5.78 Å². The molecule has 2 nitrogen and oxygen atoms in total. The molecule has 15 heavy (non-hydrogen) atoms. The predicted molar refractivity (Wildman–Crippen MR) is 65.1 cm³/mol. The molecule has 0 aliphatic heterocycles. The monoisotopic (exact) mass is 265 g/mol. The average molecular weight is 266 g/mol. The summed E-state index contributed by atoms with van der Waals surface area (Å²) >= 11 is 3.43. The second-order valence-corrected chi connectivity index (χ2v) is 4.71. The second-order valence-electron chi connectivity index (χ2n) is 3.80. The van der Waals surface area contributed by atoms with Crippen molar-refractivity contribution in [3.63, 3.8) is 0 Å². The third kappa shape index (κ3) is 1.97. The Labute approximate surface area is 96.8 Å². The molecular formula is C12H12BrNO. The number of hydrogen-bond donors (Lipinski definition) is 1. The summed E-state index contributed by atoms with van der Waals surface area (Å²) in [5.41, 5.74) is 3.28. The number of rotatable bonds is 2. The normalized spacial score (nSPS) is 10.9. The minimum absolute atomic E-state index is 0.196. The molecule has 2 rings (SSSR count). The molecule has 0 fully saturated rings. The van der Waals surface area contributed by atoms with E-state index in [0.717, 1.165) is 26.6 Å². The summed E-state index contributed by atoms with van der Waals surface area (Å²) in [7, 11) is 0. The largest absolute Gasteiger partial charge is 0.358 e. The van der Waals surface area contributed by atoms with E-state index in [1.165, 1.54) is 0 Å². The van der Waals surface area contributed by atoms with Crippen LogP contribution in [-0.2, 0) is 11.2 Å². The highest BCUT2D eigenvalue weighted by molar-refractivity contribution is 9.10. The van der Waals surface area contributed by atoms with E-state index in [1.54, 1.807) is 6.92 Å². The van der Waals surface area contributed by atoms with Gasteiger partial charge in [0, 0.05) is 27.5 Å². The number of fused-ring (bicyclic) bond motifs is 1. The van der Waals surface area contributed by atoms with Crippen LogP contribution in [0.25, 0.3) is 10.9 Å². The Hall–Kier alpha value is -1.09. The van der Waals surface area contributed by atoms with Crippen molar-refractivity contribution in [2.75, 3.05) is 0 Å². The first-order valence-corrected chi connectivity index (χ1v) is 5.63. The molecule has 0 spiro atoms. The van der Waals surface area contributed by atoms with E-state index in [0.29, 0.717) is 6.42 Å². The fourth-order valence-corrected chi connectivity index (χ4v) is 2.20. The number of ketones is 1. The molecule has 0 bridgehead atoms. The number of aromatic nitrogens is 1. The summed E-state index contributed by atoms with van der Waals surface area (Å²) in [6, 6.07) is 6.08. The maximum atomic E-state index is 11.2. The second kappa shape index (κ2) is 3.81. The van der Waals surface area contributed by atoms with Crippen molar-refractivity contribution < 1.29 is 4.79 Å². The number of benzene rings is 1. The number of nitrogens with one attached hydrogen (secondary N) is 1. The van der Waals surface area contributed by atoms with Gasteiger partial charge in [0.25, 0.3) is 0 Å². The van der Waals surface area contributed by atoms with Gasteiger partial charge in [0.2, 0.25) is 0 Å². The third-order valence-corrected chi connectivity index (χ3v) is 3.00. The highest BCUT2D eigenvalue weighted by atomic mass is 79.9. The van der Waals surface area contributed by atoms with Crippen molar-refractivity contribution in [2.45, 2.75) is 20.3 Å². The molecule has 0 amide bonds. The lowest BCUT2D eigenvalue weighted by molar-refractivity contribution is -0.116. The number of aryl methyl sites for hydroxylation is 1. The quantitative estimate of drug-likeness (QED) is 0.888. The fraction of sp³-hybridized carbons (Fsp3) is 0.250. The zero-order chi connectivity index (χ0) is 11.0. The number of Topliss-reactive ketones (excluding diaryl/α,β-unsaturated/α-hetero) is 1. The van der Waals surface area contributed by atoms with Crippen LogP contribution in [0.3, 0.4) is 0 Å². The Balaban J connectivity index is 2.63. The van der Waals surface area contributed by atoms with Gasteiger partial charge in [-0.05, 0) is 31.5 Å². The van der Waals surface area contributed by atoms with Gasteiger partial charge in [-0.15, -0.1) is 0 Å². The Bertz CT molecular complexity index is 528. The van der Waals surface area contributed by atoms with E-state index in [-0.39, 0.29) is 5.78 Å². The SMILES string of the molecule is CC(=O)Cc1c(C)[nH]c2cc(Br)ccc12. The van der Waals surface area contributed by atoms with E-state index in [2.05, 4.69) is 20.9 Å². The molecule has 0 atom stereocenters. The first kappa shape index (κ1) is 10.4. The number of carbonyl (C=O) groups is 1. The van der Waals surface area contributed by atoms with E-state index >= 15 is 0 Å². The van der Waals surface area contributed by atoms with Crippen LogP contribution in [0.1, 0.15) is 18.2 Å². The summed E-state index contributed by atoms with van der Waals surface area (Å²) < 4.78 is 1.05. The van der Waals surface area contributed by atoms with Crippen molar-refractivity contribution in [1.29, 1.82) is 0 Å². The van der Waals surface area contributed by atoms with E-state index in [4.69, 9.17) is 0 Å². The third-order valence-electron chi connectivity index (χ3n) is 2.51. The van der Waals surface area contributed by atoms with Crippen molar-refractivity contribution in [3.05, 3.63) is 33.9 Å². The molecule has 0 radical (unpaired) electrons. The highest BCUT2D eigenvalue weighted by Crippen LogP contribution is 2.25. The first-order valence-electron chi connectivity index (χ1n) is 4.84. The molecule has 78 valence electrons. The molecule has 0 aliphatic carbocycles. The maximum absolute atomic E-state index is 11.2. The molecule has 0 saturated heterocycles. The molecule has 0 aliphatic rings. The van der Waals surface area contributed by atoms with Crippen molar-refractivity contribution in [2.24, 2.45) is 0 Å². The minimum Gasteiger partial charge on any atom is -0.358 e. The first-order chi connectivity index (χ1) is 7.08. The number of aromatic amines is 1. The van der Waals surface area contributed by atoms with Crippen LogP contribution in [0.15, 0.2) is 22.7 Å². The van der Waals surface area contributed by atoms with Gasteiger partial charge in [-0.2, -0.15) is 0 Å². The minimum atomic E-state index is 0.196. The molecule has 0 saturated carbocycles. The van der Waals surface area contributed by atoms with Crippen LogP contribution < -0.4 is 0 Å². The number of hydrogen-bond acceptors (Lipinski definition) is 1. The average Bonchev–Trinajstić information content (AvgIpc) is 2.41. The Kier molecular flexibility index (Phi) is 2.65. The summed E-state index contributed by atoms with van der Waals surface area (Å²) in [6.45, 7) is 3.63. The van der Waals surface area contributed by atoms with Gasteiger partial charge < -0.3 is 4.98 Å². The van der Waals surface area contributed by atoms with Crippen LogP contribution in [0.2, 0.25) is 0 Å². The molecule has 1 aromatic carbocycles. The summed E-state index contributed by atoms with van der Waals surface area (Å²) in [4.78, 5) is 14.4. The van der Waals surface area contributed by atoms with Crippen molar-refractivity contribution in [3.8, 4) is 0 Å². The summed E-state index contributed by atoms with van der Waals surface area (Å²) in [5.74, 6) is 0.196. The zero-order valence-corrected chi connectivity index (χ0v) is 10.3. The van der Waals surface area contributed by atoms with E-state index < -0.39 is 0 Å². The standard InChI is InChI=1S/C12H12BrNO/c1-7(15)5-11-8(2)14-12-6-9(13)3-4-10(11)12/h3-4,6,14H,5H2,1-2H3. The smallest absolute Gasteiger partial charge is 0.134 e. The Morgan fingerprint density at radius 3 is 2.87 bits per heavy atom. The molecule has 1 N–H and O–H groups in total. The Morgan fingerprint density at radius 2 is 2.20 bits per heavy atom. The fourth-order valence-electron chi connectivity index (χ4n) is 1.84. The van der Waals surface area contributed by atoms with Crippen LogP contribution in [-0.4, -0.2) is 10.8 Å². The molecule has 1 aromatic heterocycles. The molecule has 3 heteroatoms. The highest BCUT2D eigenvalue weighted by Gasteiger charge is 2.09. The van der Waals surface area contributed by atoms with E-state index in [1.807, 2.05) is 25.1 Å². The summed E-state index contributed by atoms with van der Waals surface area (Å²) in [6.07, 6.45) is 0.507. The lowest BCUT2D eigenvalue weighted by Crippen LogP contribution is -1.96. The predicted octanol–water partition coefficient (Wildman–Crippen LogP) is 3.37. The molecule has 2 aromatic rings. The number of H-pyrrole nitrogens is 1. The number of carbonyl (C=O) groups excluding carboxylic acids is 1. The van der Waals surface area contributed by atoms with Gasteiger partial charge >= 0.3 is 0 Å². The summed E-state index contributed by atoms with van der Waals surface area (Å²) in [5, 5.41) is 1.14. The lowest BCUT2D eigenvalue weighted by Gasteiger charge is -1.97. The van der Waals surface area contributed by atoms with Crippen LogP contribution in [0, 0.1) is 6.92 Å². The Morgan fingerprint density at radius 1 is 1.47 bits per heavy atom. The van der Waals surface area contributed by atoms with Crippen LogP contribution in [0.4, 0.5) is 0 Å². The maximum Gasteiger partial charge on any atom is 0.134 e. The molecule has 0 unspecified atom stereocenters. The lowest BCUT2D eigenvalue weighted by atomic mass is 10.1. The van der Waals surface area contributed by atoms with Gasteiger partial charge in [0.15, 0.2) is 0 Å². The van der Waals surface area contributed by atoms with Gasteiger partial charge in [-0.25, -0.2) is 0 Å². The van der Waals surface area contributed by atoms with Gasteiger partial charge in [-0.1, -0.05) is 22.0 Å². The number of halogens is 1. The van der Waals surface area contributed by atoms with E-state index in [9.17, 15) is 4.79 Å². The van der Waals surface area contributed by atoms with Crippen molar-refractivity contribution in [1.82, 2.24) is 4.98 Å². The molecular weight excluding hydrogens is 254 g/mol. The zero-order valence-electron chi connectivity index (χ0n) is 8.73. The van der Waals surface area contributed by atoms with Gasteiger partial charge in [0.05, 0.1) is 0 Å². The molecule has 1 heterocycles. The van der Waals surface area contributed by atoms with Crippen molar-refractivity contribution >= 4 is 32.6 Å².